The van der Waals surface area contributed by atoms with Crippen LogP contribution in [0.25, 0.3) is 10.6 Å². The van der Waals surface area contributed by atoms with Crippen LogP contribution in [0, 0.1) is 0 Å². The number of hydrogen-bond donors (Lipinski definition) is 1. The Labute approximate surface area is 191 Å². The van der Waals surface area contributed by atoms with Crippen LogP contribution in [0.2, 0.25) is 0 Å². The maximum Gasteiger partial charge on any atom is 0.119 e. The van der Waals surface area contributed by atoms with E-state index in [0.717, 1.165) is 59.8 Å². The molecule has 0 radical (unpaired) electrons. The second-order valence-corrected chi connectivity index (χ2v) is 7.20. The topological polar surface area (TPSA) is 32.7 Å². The highest BCUT2D eigenvalue weighted by atomic mass is 35.5. The third kappa shape index (κ3) is 7.25. The molecule has 3 rings (SSSR count). The van der Waals surface area contributed by atoms with Gasteiger partial charge in [-0.1, -0.05) is 98.2 Å². The molecular weight excluding hydrogens is 406 g/mol. The van der Waals surface area contributed by atoms with E-state index in [1.54, 1.807) is 0 Å². The molecule has 0 fully saturated rings. The number of rotatable bonds is 9. The van der Waals surface area contributed by atoms with Crippen molar-refractivity contribution in [3.63, 3.8) is 0 Å². The van der Waals surface area contributed by atoms with Gasteiger partial charge >= 0.3 is 0 Å². The number of aliphatic hydroxyl groups is 1. The van der Waals surface area contributed by atoms with Crippen molar-refractivity contribution in [3.05, 3.63) is 102 Å². The van der Waals surface area contributed by atoms with E-state index >= 15 is 0 Å². The predicted octanol–water partition coefficient (Wildman–Crippen LogP) is 6.17. The summed E-state index contributed by atoms with van der Waals surface area (Å²) in [6.07, 6.45) is 0. The molecule has 0 spiro atoms. The highest BCUT2D eigenvalue weighted by Gasteiger charge is 2.12. The summed E-state index contributed by atoms with van der Waals surface area (Å²) in [5, 5.41) is 7.74. The van der Waals surface area contributed by atoms with Crippen molar-refractivity contribution in [1.82, 2.24) is 4.90 Å². The number of benzene rings is 3. The monoisotopic (exact) mass is 437 g/mol. The standard InChI is InChI=1S/C26H28ClNO.CH4O/c1-3-28(4-2)19-20-29-24-17-15-22(16-18-24)25(21-11-7-5-8-12-21)26(27)23-13-9-6-10-14-23;1-2/h5-18H,3-4,19-20H2,1-2H3;2H,1H3/b26-25+;. The van der Waals surface area contributed by atoms with Gasteiger partial charge in [0.25, 0.3) is 0 Å². The zero-order valence-electron chi connectivity index (χ0n) is 18.6. The van der Waals surface area contributed by atoms with Crippen LogP contribution in [0.15, 0.2) is 84.9 Å². The van der Waals surface area contributed by atoms with Gasteiger partial charge in [0.15, 0.2) is 0 Å². The fourth-order valence-electron chi connectivity index (χ4n) is 3.30. The lowest BCUT2D eigenvalue weighted by atomic mass is 9.95. The summed E-state index contributed by atoms with van der Waals surface area (Å²) in [5.74, 6) is 0.879. The van der Waals surface area contributed by atoms with E-state index in [1.165, 1.54) is 0 Å². The molecule has 0 unspecified atom stereocenters. The van der Waals surface area contributed by atoms with E-state index in [9.17, 15) is 0 Å². The minimum atomic E-state index is 0.688. The largest absolute Gasteiger partial charge is 0.492 e. The van der Waals surface area contributed by atoms with Crippen molar-refractivity contribution in [1.29, 1.82) is 0 Å². The van der Waals surface area contributed by atoms with Gasteiger partial charge in [-0.15, -0.1) is 0 Å². The van der Waals surface area contributed by atoms with Crippen molar-refractivity contribution in [2.24, 2.45) is 0 Å². The molecule has 31 heavy (non-hydrogen) atoms. The number of likely N-dealkylation sites (N-methyl/N-ethyl adjacent to an activating group) is 1. The van der Waals surface area contributed by atoms with Gasteiger partial charge in [0.05, 0.1) is 5.03 Å². The van der Waals surface area contributed by atoms with Crippen LogP contribution in [-0.4, -0.2) is 43.4 Å². The van der Waals surface area contributed by atoms with Crippen molar-refractivity contribution >= 4 is 22.2 Å². The van der Waals surface area contributed by atoms with Crippen LogP contribution >= 0.6 is 11.6 Å². The molecule has 0 bridgehead atoms. The van der Waals surface area contributed by atoms with Crippen molar-refractivity contribution in [2.75, 3.05) is 33.4 Å². The number of nitrogens with zero attached hydrogens (tertiary/aromatic N) is 1. The van der Waals surface area contributed by atoms with Gasteiger partial charge in [0, 0.05) is 19.2 Å². The summed E-state index contributed by atoms with van der Waals surface area (Å²) in [4.78, 5) is 2.35. The molecule has 0 aromatic heterocycles. The first-order valence-electron chi connectivity index (χ1n) is 10.6. The Balaban J connectivity index is 0.00000166. The molecule has 0 heterocycles. The average Bonchev–Trinajstić information content (AvgIpc) is 2.85. The molecule has 3 aromatic carbocycles. The smallest absolute Gasteiger partial charge is 0.119 e. The molecule has 4 heteroatoms. The lowest BCUT2D eigenvalue weighted by Gasteiger charge is -2.18. The fourth-order valence-corrected chi connectivity index (χ4v) is 3.65. The molecule has 0 atom stereocenters. The van der Waals surface area contributed by atoms with Crippen molar-refractivity contribution in [3.8, 4) is 5.75 Å². The van der Waals surface area contributed by atoms with E-state index in [0.29, 0.717) is 6.61 Å². The van der Waals surface area contributed by atoms with Crippen LogP contribution in [0.1, 0.15) is 30.5 Å². The quantitative estimate of drug-likeness (QED) is 0.406. The maximum absolute atomic E-state index is 7.00. The molecular formula is C27H32ClNO2. The molecule has 0 aliphatic heterocycles. The molecule has 3 nitrogen and oxygen atoms in total. The predicted molar refractivity (Wildman–Crippen MR) is 133 cm³/mol. The summed E-state index contributed by atoms with van der Waals surface area (Å²) in [5.41, 5.74) is 4.19. The first-order chi connectivity index (χ1) is 15.2. The second kappa shape index (κ2) is 13.7. The van der Waals surface area contributed by atoms with Crippen LogP contribution in [0.3, 0.4) is 0 Å². The lowest BCUT2D eigenvalue weighted by Crippen LogP contribution is -2.27. The Bertz CT molecular complexity index is 905. The SMILES string of the molecule is CCN(CC)CCOc1ccc(/C(=C(/Cl)c2ccccc2)c2ccccc2)cc1.CO. The normalized spacial score (nSPS) is 11.4. The Morgan fingerprint density at radius 2 is 1.23 bits per heavy atom. The molecule has 3 aromatic rings. The van der Waals surface area contributed by atoms with Crippen LogP contribution < -0.4 is 4.74 Å². The molecule has 164 valence electrons. The number of ether oxygens (including phenoxy) is 1. The summed E-state index contributed by atoms with van der Waals surface area (Å²) in [6, 6.07) is 28.6. The summed E-state index contributed by atoms with van der Waals surface area (Å²) in [7, 11) is 1.00. The van der Waals surface area contributed by atoms with Gasteiger partial charge in [-0.3, -0.25) is 0 Å². The summed E-state index contributed by atoms with van der Waals surface area (Å²) in [6.45, 7) is 8.05. The zero-order chi connectivity index (χ0) is 22.5. The van der Waals surface area contributed by atoms with Crippen LogP contribution in [0.4, 0.5) is 0 Å². The van der Waals surface area contributed by atoms with E-state index in [-0.39, 0.29) is 0 Å². The minimum Gasteiger partial charge on any atom is -0.492 e. The molecule has 1 N–H and O–H groups in total. The molecule has 0 aliphatic rings. The Kier molecular flexibility index (Phi) is 10.9. The zero-order valence-corrected chi connectivity index (χ0v) is 19.3. The second-order valence-electron chi connectivity index (χ2n) is 6.82. The highest BCUT2D eigenvalue weighted by molar-refractivity contribution is 6.53. The minimum absolute atomic E-state index is 0.688. The Hall–Kier alpha value is -2.59. The van der Waals surface area contributed by atoms with E-state index in [4.69, 9.17) is 21.4 Å². The van der Waals surface area contributed by atoms with E-state index in [2.05, 4.69) is 43.0 Å². The Morgan fingerprint density at radius 1 is 0.742 bits per heavy atom. The molecule has 0 aliphatic carbocycles. The first kappa shape index (κ1) is 24.7. The van der Waals surface area contributed by atoms with Crippen molar-refractivity contribution < 1.29 is 9.84 Å². The lowest BCUT2D eigenvalue weighted by molar-refractivity contribution is 0.223. The average molecular weight is 438 g/mol. The molecule has 0 saturated heterocycles. The molecule has 0 amide bonds. The van der Waals surface area contributed by atoms with Gasteiger partial charge in [-0.2, -0.15) is 0 Å². The highest BCUT2D eigenvalue weighted by Crippen LogP contribution is 2.35. The third-order valence-electron chi connectivity index (χ3n) is 5.02. The number of halogens is 1. The summed E-state index contributed by atoms with van der Waals surface area (Å²) < 4.78 is 5.94. The number of aliphatic hydroxyl groups excluding tert-OH is 1. The third-order valence-corrected chi connectivity index (χ3v) is 5.43. The van der Waals surface area contributed by atoms with E-state index < -0.39 is 0 Å². The summed E-state index contributed by atoms with van der Waals surface area (Å²) >= 11 is 6.87. The van der Waals surface area contributed by atoms with Gasteiger partial charge in [-0.05, 0) is 41.9 Å². The Morgan fingerprint density at radius 3 is 1.74 bits per heavy atom. The van der Waals surface area contributed by atoms with Gasteiger partial charge in [0.2, 0.25) is 0 Å². The maximum atomic E-state index is 7.00. The van der Waals surface area contributed by atoms with Gasteiger partial charge in [0.1, 0.15) is 12.4 Å². The van der Waals surface area contributed by atoms with Crippen LogP contribution in [-0.2, 0) is 0 Å². The van der Waals surface area contributed by atoms with Gasteiger partial charge < -0.3 is 14.7 Å². The van der Waals surface area contributed by atoms with Crippen LogP contribution in [0.5, 0.6) is 5.75 Å². The van der Waals surface area contributed by atoms with Crippen molar-refractivity contribution in [2.45, 2.75) is 13.8 Å². The fraction of sp³-hybridized carbons (Fsp3) is 0.259. The number of hydrogen-bond acceptors (Lipinski definition) is 3. The first-order valence-corrected chi connectivity index (χ1v) is 11.0. The van der Waals surface area contributed by atoms with E-state index in [1.807, 2.05) is 60.7 Å². The van der Waals surface area contributed by atoms with Gasteiger partial charge in [-0.25, -0.2) is 0 Å². The molecule has 0 saturated carbocycles.